The molecule has 1 fully saturated rings. The summed E-state index contributed by atoms with van der Waals surface area (Å²) in [4.78, 5) is 12.2. The molecule has 9 nitrogen and oxygen atoms in total. The lowest BCUT2D eigenvalue weighted by molar-refractivity contribution is 0.0265. The van der Waals surface area contributed by atoms with Crippen LogP contribution in [0.1, 0.15) is 57.7 Å². The number of hydrazone groups is 2. The number of aliphatic hydroxyl groups excluding tert-OH is 1. The normalized spacial score (nSPS) is 29.0. The van der Waals surface area contributed by atoms with E-state index in [2.05, 4.69) is 57.8 Å². The first-order valence-corrected chi connectivity index (χ1v) is 13.5. The van der Waals surface area contributed by atoms with Gasteiger partial charge in [0.05, 0.1) is 27.5 Å². The Morgan fingerprint density at radius 1 is 1.35 bits per heavy atom. The third-order valence-corrected chi connectivity index (χ3v) is 8.62. The van der Waals surface area contributed by atoms with Crippen molar-refractivity contribution in [2.45, 2.75) is 64.4 Å². The Hall–Kier alpha value is -2.98. The summed E-state index contributed by atoms with van der Waals surface area (Å²) in [5.74, 6) is 0.274. The van der Waals surface area contributed by atoms with Gasteiger partial charge in [0.25, 0.3) is 0 Å². The molecule has 0 bridgehead atoms. The first kappa shape index (κ1) is 25.7. The zero-order chi connectivity index (χ0) is 26.3. The summed E-state index contributed by atoms with van der Waals surface area (Å²) in [6, 6.07) is 4.71. The van der Waals surface area contributed by atoms with Crippen LogP contribution in [0.3, 0.4) is 0 Å². The number of rotatable bonds is 5. The molecule has 1 aromatic heterocycles. The number of likely N-dealkylation sites (tertiary alicyclic amines) is 1. The number of piperidine rings is 1. The van der Waals surface area contributed by atoms with Gasteiger partial charge in [0, 0.05) is 31.4 Å². The second-order valence-corrected chi connectivity index (χ2v) is 10.8. The predicted octanol–water partition coefficient (Wildman–Crippen LogP) is 4.16. The van der Waals surface area contributed by atoms with Crippen LogP contribution in [0.25, 0.3) is 5.57 Å². The first-order valence-electron chi connectivity index (χ1n) is 12.8. The molecule has 4 aliphatic rings. The summed E-state index contributed by atoms with van der Waals surface area (Å²) in [5.41, 5.74) is 7.45. The van der Waals surface area contributed by atoms with Crippen LogP contribution in [0.2, 0.25) is 0 Å². The van der Waals surface area contributed by atoms with E-state index >= 15 is 0 Å². The zero-order valence-corrected chi connectivity index (χ0v) is 23.3. The van der Waals surface area contributed by atoms with Gasteiger partial charge in [-0.2, -0.15) is 5.10 Å². The third kappa shape index (κ3) is 4.50. The Morgan fingerprint density at radius 2 is 2.11 bits per heavy atom. The molecule has 2 N–H and O–H groups in total. The van der Waals surface area contributed by atoms with Gasteiger partial charge in [-0.3, -0.25) is 15.4 Å². The van der Waals surface area contributed by atoms with Crippen LogP contribution in [-0.2, 0) is 4.74 Å². The molecule has 0 aliphatic carbocycles. The van der Waals surface area contributed by atoms with Gasteiger partial charge in [-0.15, -0.1) is 5.10 Å². The first-order chi connectivity index (χ1) is 17.8. The molecule has 0 spiro atoms. The third-order valence-electron chi connectivity index (χ3n) is 7.64. The van der Waals surface area contributed by atoms with Gasteiger partial charge in [0.2, 0.25) is 6.23 Å². The number of halogens is 1. The van der Waals surface area contributed by atoms with Crippen LogP contribution in [0.5, 0.6) is 0 Å². The largest absolute Gasteiger partial charge is 0.436 e. The van der Waals surface area contributed by atoms with Gasteiger partial charge in [0.15, 0.2) is 5.66 Å². The molecule has 1 saturated heterocycles. The number of nitrogens with zero attached hydrogens (tertiary/aromatic N) is 6. The number of pyridine rings is 1. The second kappa shape index (κ2) is 10.1. The Balaban J connectivity index is 1.35. The molecular weight excluding hydrogens is 534 g/mol. The maximum absolute atomic E-state index is 9.77. The molecule has 5 heterocycles. The summed E-state index contributed by atoms with van der Waals surface area (Å²) in [7, 11) is 0. The zero-order valence-electron chi connectivity index (χ0n) is 21.7. The summed E-state index contributed by atoms with van der Waals surface area (Å²) < 4.78 is 6.80. The number of allylic oxidation sites excluding steroid dienone is 5. The molecule has 196 valence electrons. The molecule has 37 heavy (non-hydrogen) atoms. The maximum Gasteiger partial charge on any atom is 0.311 e. The highest BCUT2D eigenvalue weighted by atomic mass is 79.9. The van der Waals surface area contributed by atoms with Crippen molar-refractivity contribution >= 4 is 39.5 Å². The van der Waals surface area contributed by atoms with Crippen LogP contribution in [0, 0.1) is 5.92 Å². The minimum Gasteiger partial charge on any atom is -0.436 e. The van der Waals surface area contributed by atoms with E-state index in [1.807, 2.05) is 42.6 Å². The molecule has 1 aromatic rings. The average molecular weight is 569 g/mol. The van der Waals surface area contributed by atoms with E-state index in [9.17, 15) is 5.11 Å². The van der Waals surface area contributed by atoms with Gasteiger partial charge in [-0.05, 0) is 73.7 Å². The average Bonchev–Trinajstić information content (AvgIpc) is 3.53. The van der Waals surface area contributed by atoms with Crippen LogP contribution >= 0.6 is 15.9 Å². The van der Waals surface area contributed by atoms with Gasteiger partial charge in [0.1, 0.15) is 6.10 Å². The van der Waals surface area contributed by atoms with Crippen LogP contribution in [-0.4, -0.2) is 69.0 Å². The molecule has 0 aromatic carbocycles. The number of nitrogens with one attached hydrogen (secondary N) is 1. The monoisotopic (exact) mass is 567 g/mol. The van der Waals surface area contributed by atoms with Crippen molar-refractivity contribution in [3.8, 4) is 0 Å². The summed E-state index contributed by atoms with van der Waals surface area (Å²) in [5, 5.41) is 20.8. The fourth-order valence-corrected chi connectivity index (χ4v) is 6.00. The number of hydrogen-bond donors (Lipinski definition) is 2. The number of aliphatic hydroxyl groups is 1. The van der Waals surface area contributed by atoms with Crippen molar-refractivity contribution in [3.63, 3.8) is 0 Å². The van der Waals surface area contributed by atoms with E-state index in [1.54, 1.807) is 6.92 Å². The Morgan fingerprint density at radius 3 is 2.70 bits per heavy atom. The van der Waals surface area contributed by atoms with Crippen molar-refractivity contribution in [3.05, 3.63) is 58.5 Å². The quantitative estimate of drug-likeness (QED) is 0.518. The number of aliphatic imine (C=N–C) groups is 1. The number of ether oxygens (including phenoxy) is 1. The van der Waals surface area contributed by atoms with Gasteiger partial charge >= 0.3 is 6.02 Å². The van der Waals surface area contributed by atoms with Gasteiger partial charge in [-0.1, -0.05) is 24.8 Å². The Labute approximate surface area is 226 Å². The van der Waals surface area contributed by atoms with E-state index in [1.165, 1.54) is 0 Å². The number of amidine groups is 1. The van der Waals surface area contributed by atoms with Crippen molar-refractivity contribution in [2.75, 3.05) is 13.1 Å². The molecule has 5 rings (SSSR count). The summed E-state index contributed by atoms with van der Waals surface area (Å²) in [6.07, 6.45) is 8.47. The summed E-state index contributed by atoms with van der Waals surface area (Å²) in [6.45, 7) is 13.4. The molecular formula is C27H34BrN7O2. The highest BCUT2D eigenvalue weighted by Crippen LogP contribution is 2.46. The van der Waals surface area contributed by atoms with Crippen LogP contribution in [0.4, 0.5) is 0 Å². The molecule has 0 amide bonds. The van der Waals surface area contributed by atoms with E-state index in [4.69, 9.17) is 19.8 Å². The maximum atomic E-state index is 9.77. The molecule has 4 aliphatic heterocycles. The fraction of sp³-hybridized carbons (Fsp3) is 0.481. The molecule has 4 atom stereocenters. The van der Waals surface area contributed by atoms with E-state index in [-0.39, 0.29) is 5.92 Å². The molecule has 10 heteroatoms. The van der Waals surface area contributed by atoms with Gasteiger partial charge in [-0.25, -0.2) is 5.01 Å². The molecule has 0 saturated carbocycles. The predicted molar refractivity (Wildman–Crippen MR) is 150 cm³/mol. The lowest BCUT2D eigenvalue weighted by atomic mass is 9.85. The lowest BCUT2D eigenvalue weighted by Gasteiger charge is -2.42. The standard InChI is InChI=1S/C27H34BrN7O2/c1-6-18(7-2)22-9-8-20(14-29-22)21-15-30-35-16(3)23(28)24(31-27(21,35)5)19-10-12-34(13-11-19)26-33-32-25(37-26)17(4)36/h6-9,14-15,17,19,21,25,32,36H,1,10-13H2,2-5H3. The van der Waals surface area contributed by atoms with E-state index < -0.39 is 18.0 Å². The second-order valence-electron chi connectivity index (χ2n) is 10.0. The smallest absolute Gasteiger partial charge is 0.311 e. The molecule has 0 radical (unpaired) electrons. The van der Waals surface area contributed by atoms with Crippen molar-refractivity contribution in [1.82, 2.24) is 20.3 Å². The fourth-order valence-electron chi connectivity index (χ4n) is 5.42. The highest BCUT2D eigenvalue weighted by Gasteiger charge is 2.49. The number of aromatic nitrogens is 1. The Bertz CT molecular complexity index is 1210. The van der Waals surface area contributed by atoms with Crippen molar-refractivity contribution < 1.29 is 9.84 Å². The van der Waals surface area contributed by atoms with Crippen LogP contribution < -0.4 is 5.43 Å². The molecule has 4 unspecified atom stereocenters. The SMILES string of the molecule is C=CC(=CC)c1ccc(C2C=NN3C(C)=C(Br)C(C4CCN(C5=NNC(C(C)O)O5)CC4)=NC23C)cn1. The number of fused-ring (bicyclic) bond motifs is 1. The van der Waals surface area contributed by atoms with Crippen molar-refractivity contribution in [1.29, 1.82) is 0 Å². The van der Waals surface area contributed by atoms with Crippen LogP contribution in [0.15, 0.2) is 62.4 Å². The minimum absolute atomic E-state index is 0.0257. The summed E-state index contributed by atoms with van der Waals surface area (Å²) >= 11 is 3.84. The highest BCUT2D eigenvalue weighted by molar-refractivity contribution is 9.12. The lowest BCUT2D eigenvalue weighted by Crippen LogP contribution is -2.48. The van der Waals surface area contributed by atoms with Crippen molar-refractivity contribution in [2.24, 2.45) is 21.1 Å². The van der Waals surface area contributed by atoms with E-state index in [0.717, 1.165) is 58.7 Å². The Kier molecular flexibility index (Phi) is 6.97. The van der Waals surface area contributed by atoms with E-state index in [0.29, 0.717) is 11.9 Å². The topological polar surface area (TPSA) is 97.9 Å². The minimum atomic E-state index is -0.636. The van der Waals surface area contributed by atoms with Gasteiger partial charge < -0.3 is 14.7 Å². The number of hydrogen-bond acceptors (Lipinski definition) is 9.